The van der Waals surface area contributed by atoms with Crippen molar-refractivity contribution in [1.82, 2.24) is 9.80 Å². The summed E-state index contributed by atoms with van der Waals surface area (Å²) < 4.78 is 5.39. The van der Waals surface area contributed by atoms with Crippen LogP contribution in [0.4, 0.5) is 0 Å². The summed E-state index contributed by atoms with van der Waals surface area (Å²) in [5.41, 5.74) is 0.247. The molecule has 4 aliphatic rings. The van der Waals surface area contributed by atoms with Gasteiger partial charge in [-0.05, 0) is 43.9 Å². The highest BCUT2D eigenvalue weighted by Crippen LogP contribution is 2.47. The number of likely N-dealkylation sites (tertiary alicyclic amines) is 2. The monoisotopic (exact) mass is 336 g/mol. The minimum Gasteiger partial charge on any atom is -0.396 e. The maximum absolute atomic E-state index is 12.7. The van der Waals surface area contributed by atoms with Gasteiger partial charge in [0.2, 0.25) is 5.91 Å². The van der Waals surface area contributed by atoms with Gasteiger partial charge in [-0.15, -0.1) is 0 Å². The van der Waals surface area contributed by atoms with Gasteiger partial charge in [0.05, 0.1) is 0 Å². The number of aliphatic hydroxyl groups is 1. The molecule has 1 unspecified atom stereocenters. The van der Waals surface area contributed by atoms with E-state index in [1.54, 1.807) is 0 Å². The predicted molar refractivity (Wildman–Crippen MR) is 91.6 cm³/mol. The smallest absolute Gasteiger partial charge is 0.225 e. The van der Waals surface area contributed by atoms with Crippen LogP contribution in [0, 0.1) is 17.3 Å². The highest BCUT2D eigenvalue weighted by molar-refractivity contribution is 5.79. The first-order valence-corrected chi connectivity index (χ1v) is 9.93. The van der Waals surface area contributed by atoms with E-state index in [0.29, 0.717) is 18.4 Å². The molecule has 3 saturated heterocycles. The Morgan fingerprint density at radius 3 is 2.42 bits per heavy atom. The van der Waals surface area contributed by atoms with Gasteiger partial charge in [0.1, 0.15) is 0 Å². The SMILES string of the molecule is O=C(C1CCOCC1)N1CCC2(CC1)CN(C1CCC1)CC2CO. The standard InChI is InChI=1S/C19H32N2O3/c22-13-16-12-21(17-2-1-3-17)14-19(16)6-8-20(9-7-19)18(23)15-4-10-24-11-5-15/h15-17,22H,1-14H2. The van der Waals surface area contributed by atoms with Gasteiger partial charge in [-0.1, -0.05) is 6.42 Å². The maximum Gasteiger partial charge on any atom is 0.225 e. The van der Waals surface area contributed by atoms with E-state index in [1.165, 1.54) is 19.3 Å². The molecule has 0 aromatic heterocycles. The number of carbonyl (C=O) groups is 1. The van der Waals surface area contributed by atoms with E-state index in [4.69, 9.17) is 4.74 Å². The molecule has 1 saturated carbocycles. The molecule has 1 N–H and O–H groups in total. The zero-order valence-electron chi connectivity index (χ0n) is 14.8. The van der Waals surface area contributed by atoms with Crippen molar-refractivity contribution in [2.45, 2.75) is 51.0 Å². The molecule has 4 rings (SSSR count). The largest absolute Gasteiger partial charge is 0.396 e. The Kier molecular flexibility index (Phi) is 4.85. The summed E-state index contributed by atoms with van der Waals surface area (Å²) in [5.74, 6) is 0.928. The quantitative estimate of drug-likeness (QED) is 0.849. The fraction of sp³-hybridized carbons (Fsp3) is 0.947. The van der Waals surface area contributed by atoms with Gasteiger partial charge in [-0.2, -0.15) is 0 Å². The second-order valence-corrected chi connectivity index (χ2v) is 8.47. The molecule has 0 aromatic carbocycles. The van der Waals surface area contributed by atoms with Crippen molar-refractivity contribution in [2.24, 2.45) is 17.3 Å². The van der Waals surface area contributed by atoms with Crippen molar-refractivity contribution in [3.63, 3.8) is 0 Å². The van der Waals surface area contributed by atoms with Crippen molar-refractivity contribution in [1.29, 1.82) is 0 Å². The fourth-order valence-electron chi connectivity index (χ4n) is 5.30. The van der Waals surface area contributed by atoms with E-state index >= 15 is 0 Å². The fourth-order valence-corrected chi connectivity index (χ4v) is 5.30. The zero-order chi connectivity index (χ0) is 16.6. The number of hydrogen-bond donors (Lipinski definition) is 1. The molecule has 4 fully saturated rings. The molecule has 1 atom stereocenters. The third-order valence-electron chi connectivity index (χ3n) is 7.29. The van der Waals surface area contributed by atoms with Gasteiger partial charge < -0.3 is 14.7 Å². The average Bonchev–Trinajstić information content (AvgIpc) is 2.92. The van der Waals surface area contributed by atoms with Gasteiger partial charge in [0.15, 0.2) is 0 Å². The van der Waals surface area contributed by atoms with Crippen LogP contribution in [0.25, 0.3) is 0 Å². The molecule has 136 valence electrons. The maximum atomic E-state index is 12.7. The van der Waals surface area contributed by atoms with Crippen LogP contribution in [-0.4, -0.2) is 72.9 Å². The molecule has 24 heavy (non-hydrogen) atoms. The van der Waals surface area contributed by atoms with Gasteiger partial charge >= 0.3 is 0 Å². The molecule has 1 spiro atoms. The Bertz CT molecular complexity index is 452. The van der Waals surface area contributed by atoms with Crippen molar-refractivity contribution in [3.05, 3.63) is 0 Å². The lowest BCUT2D eigenvalue weighted by molar-refractivity contribution is -0.141. The summed E-state index contributed by atoms with van der Waals surface area (Å²) in [6, 6.07) is 0.764. The van der Waals surface area contributed by atoms with Crippen LogP contribution >= 0.6 is 0 Å². The molecule has 3 aliphatic heterocycles. The van der Waals surface area contributed by atoms with E-state index in [9.17, 15) is 9.90 Å². The molecule has 0 radical (unpaired) electrons. The Balaban J connectivity index is 1.36. The lowest BCUT2D eigenvalue weighted by Gasteiger charge is -2.44. The lowest BCUT2D eigenvalue weighted by atomic mass is 9.71. The van der Waals surface area contributed by atoms with Crippen LogP contribution in [0.3, 0.4) is 0 Å². The number of aliphatic hydroxyl groups excluding tert-OH is 1. The van der Waals surface area contributed by atoms with E-state index < -0.39 is 0 Å². The van der Waals surface area contributed by atoms with Crippen molar-refractivity contribution in [3.8, 4) is 0 Å². The summed E-state index contributed by atoms with van der Waals surface area (Å²) in [5, 5.41) is 9.93. The number of amides is 1. The van der Waals surface area contributed by atoms with Crippen LogP contribution in [0.2, 0.25) is 0 Å². The molecule has 5 nitrogen and oxygen atoms in total. The second-order valence-electron chi connectivity index (χ2n) is 8.47. The first kappa shape index (κ1) is 16.8. The Hall–Kier alpha value is -0.650. The van der Waals surface area contributed by atoms with E-state index in [2.05, 4.69) is 9.80 Å². The zero-order valence-corrected chi connectivity index (χ0v) is 14.8. The summed E-state index contributed by atoms with van der Waals surface area (Å²) in [4.78, 5) is 17.5. The molecule has 1 aliphatic carbocycles. The van der Waals surface area contributed by atoms with Crippen LogP contribution in [0.15, 0.2) is 0 Å². The van der Waals surface area contributed by atoms with Crippen molar-refractivity contribution >= 4 is 5.91 Å². The van der Waals surface area contributed by atoms with Crippen LogP contribution in [0.5, 0.6) is 0 Å². The molecule has 5 heteroatoms. The molecular weight excluding hydrogens is 304 g/mol. The first-order chi connectivity index (χ1) is 11.7. The van der Waals surface area contributed by atoms with E-state index in [1.807, 2.05) is 0 Å². The number of ether oxygens (including phenoxy) is 1. The van der Waals surface area contributed by atoms with Gasteiger partial charge in [0.25, 0.3) is 0 Å². The summed E-state index contributed by atoms with van der Waals surface area (Å²) in [6.45, 7) is 5.74. The van der Waals surface area contributed by atoms with Crippen molar-refractivity contribution in [2.75, 3.05) is 46.0 Å². The minimum absolute atomic E-state index is 0.177. The first-order valence-electron chi connectivity index (χ1n) is 9.93. The number of nitrogens with zero attached hydrogens (tertiary/aromatic N) is 2. The summed E-state index contributed by atoms with van der Waals surface area (Å²) >= 11 is 0. The van der Waals surface area contributed by atoms with E-state index in [0.717, 1.165) is 71.1 Å². The minimum atomic E-state index is 0.177. The van der Waals surface area contributed by atoms with Gasteiger partial charge in [-0.25, -0.2) is 0 Å². The highest BCUT2D eigenvalue weighted by atomic mass is 16.5. The second kappa shape index (κ2) is 6.93. The molecule has 0 bridgehead atoms. The Morgan fingerprint density at radius 1 is 1.12 bits per heavy atom. The van der Waals surface area contributed by atoms with Gasteiger partial charge in [0, 0.05) is 63.9 Å². The molecule has 0 aromatic rings. The number of hydrogen-bond acceptors (Lipinski definition) is 4. The third-order valence-corrected chi connectivity index (χ3v) is 7.29. The molecular formula is C19H32N2O3. The third kappa shape index (κ3) is 2.99. The molecule has 1 amide bonds. The van der Waals surface area contributed by atoms with Crippen LogP contribution in [0.1, 0.15) is 44.9 Å². The van der Waals surface area contributed by atoms with Gasteiger partial charge in [-0.3, -0.25) is 9.69 Å². The summed E-state index contributed by atoms with van der Waals surface area (Å²) in [7, 11) is 0. The summed E-state index contributed by atoms with van der Waals surface area (Å²) in [6.07, 6.45) is 7.94. The van der Waals surface area contributed by atoms with Crippen molar-refractivity contribution < 1.29 is 14.6 Å². The van der Waals surface area contributed by atoms with Crippen LogP contribution < -0.4 is 0 Å². The molecule has 3 heterocycles. The van der Waals surface area contributed by atoms with E-state index in [-0.39, 0.29) is 11.3 Å². The highest BCUT2D eigenvalue weighted by Gasteiger charge is 2.50. The number of carbonyl (C=O) groups excluding carboxylic acids is 1. The Labute approximate surface area is 145 Å². The Morgan fingerprint density at radius 2 is 1.83 bits per heavy atom. The average molecular weight is 336 g/mol. The topological polar surface area (TPSA) is 53.0 Å². The number of rotatable bonds is 3. The van der Waals surface area contributed by atoms with Crippen LogP contribution in [-0.2, 0) is 9.53 Å². The predicted octanol–water partition coefficient (Wildman–Crippen LogP) is 1.50. The number of piperidine rings is 1. The lowest BCUT2D eigenvalue weighted by Crippen LogP contribution is -2.49. The normalized spacial score (nSPS) is 32.2.